The molecule has 138 valence electrons. The van der Waals surface area contributed by atoms with Gasteiger partial charge in [-0.3, -0.25) is 4.79 Å². The highest BCUT2D eigenvalue weighted by Gasteiger charge is 2.54. The molecule has 0 bridgehead atoms. The molecule has 5 heteroatoms. The van der Waals surface area contributed by atoms with Crippen molar-refractivity contribution in [2.45, 2.75) is 31.6 Å². The maximum Gasteiger partial charge on any atom is 0.226 e. The van der Waals surface area contributed by atoms with Crippen molar-refractivity contribution in [3.05, 3.63) is 69.2 Å². The van der Waals surface area contributed by atoms with Crippen LogP contribution in [0, 0.1) is 22.7 Å². The van der Waals surface area contributed by atoms with E-state index in [1.807, 2.05) is 24.3 Å². The summed E-state index contributed by atoms with van der Waals surface area (Å²) in [5, 5.41) is 13.5. The Morgan fingerprint density at radius 3 is 2.59 bits per heavy atom. The molecule has 1 saturated carbocycles. The highest BCUT2D eigenvalue weighted by Crippen LogP contribution is 2.57. The molecule has 3 nitrogen and oxygen atoms in total. The molecule has 1 saturated heterocycles. The van der Waals surface area contributed by atoms with Crippen molar-refractivity contribution < 1.29 is 4.79 Å². The van der Waals surface area contributed by atoms with Crippen molar-refractivity contribution in [3.8, 4) is 6.07 Å². The van der Waals surface area contributed by atoms with Crippen molar-refractivity contribution in [2.75, 3.05) is 6.54 Å². The van der Waals surface area contributed by atoms with Crippen LogP contribution in [0.2, 0.25) is 10.0 Å². The minimum atomic E-state index is -0.361. The molecule has 1 aliphatic carbocycles. The summed E-state index contributed by atoms with van der Waals surface area (Å²) in [5.41, 5.74) is 2.43. The zero-order valence-corrected chi connectivity index (χ0v) is 16.5. The summed E-state index contributed by atoms with van der Waals surface area (Å²) >= 11 is 12.7. The summed E-state index contributed by atoms with van der Waals surface area (Å²) in [6, 6.07) is 15.6. The van der Waals surface area contributed by atoms with Crippen LogP contribution in [0.25, 0.3) is 0 Å². The van der Waals surface area contributed by atoms with Crippen LogP contribution in [0.15, 0.2) is 42.5 Å². The van der Waals surface area contributed by atoms with Gasteiger partial charge in [-0.25, -0.2) is 0 Å². The van der Waals surface area contributed by atoms with Gasteiger partial charge in [0.25, 0.3) is 0 Å². The number of carbonyl (C=O) groups excluding carboxylic acids is 1. The highest BCUT2D eigenvalue weighted by molar-refractivity contribution is 6.31. The van der Waals surface area contributed by atoms with Gasteiger partial charge in [-0.1, -0.05) is 48.3 Å². The predicted molar refractivity (Wildman–Crippen MR) is 107 cm³/mol. The Morgan fingerprint density at radius 2 is 1.93 bits per heavy atom. The predicted octanol–water partition coefficient (Wildman–Crippen LogP) is 5.28. The first-order valence-corrected chi connectivity index (χ1v) is 9.93. The number of benzene rings is 2. The van der Waals surface area contributed by atoms with Gasteiger partial charge in [0.2, 0.25) is 5.91 Å². The fourth-order valence-corrected chi connectivity index (χ4v) is 5.38. The summed E-state index contributed by atoms with van der Waals surface area (Å²) in [4.78, 5) is 12.6. The largest absolute Gasteiger partial charge is 0.355 e. The maximum atomic E-state index is 12.6. The van der Waals surface area contributed by atoms with Crippen LogP contribution in [-0.2, 0) is 4.79 Å². The normalized spacial score (nSPS) is 29.7. The molecular formula is C22H20Cl2N2O. The third-order valence-electron chi connectivity index (χ3n) is 6.45. The molecule has 1 aliphatic heterocycles. The lowest BCUT2D eigenvalue weighted by Crippen LogP contribution is -2.41. The average molecular weight is 399 g/mol. The van der Waals surface area contributed by atoms with Crippen molar-refractivity contribution in [2.24, 2.45) is 11.3 Å². The Hall–Kier alpha value is -2.02. The molecule has 27 heavy (non-hydrogen) atoms. The van der Waals surface area contributed by atoms with Crippen LogP contribution in [-0.4, -0.2) is 12.5 Å². The van der Waals surface area contributed by atoms with E-state index in [0.29, 0.717) is 22.2 Å². The van der Waals surface area contributed by atoms with Gasteiger partial charge < -0.3 is 5.32 Å². The van der Waals surface area contributed by atoms with E-state index in [-0.39, 0.29) is 29.1 Å². The van der Waals surface area contributed by atoms with E-state index in [1.165, 1.54) is 5.56 Å². The maximum absolute atomic E-state index is 12.6. The number of rotatable bonds is 2. The van der Waals surface area contributed by atoms with Gasteiger partial charge >= 0.3 is 0 Å². The molecule has 4 rings (SSSR count). The summed E-state index contributed by atoms with van der Waals surface area (Å²) in [7, 11) is 0. The van der Waals surface area contributed by atoms with E-state index >= 15 is 0 Å². The van der Waals surface area contributed by atoms with Crippen LogP contribution in [0.1, 0.15) is 48.3 Å². The van der Waals surface area contributed by atoms with Gasteiger partial charge in [0, 0.05) is 16.6 Å². The third-order valence-corrected chi connectivity index (χ3v) is 7.02. The summed E-state index contributed by atoms with van der Waals surface area (Å²) in [6.45, 7) is 2.76. The number of hydrogen-bond acceptors (Lipinski definition) is 2. The molecule has 2 aliphatic rings. The molecule has 0 spiro atoms. The van der Waals surface area contributed by atoms with E-state index in [2.05, 4.69) is 30.4 Å². The molecule has 1 heterocycles. The second-order valence-corrected chi connectivity index (χ2v) is 8.65. The Balaban J connectivity index is 1.82. The molecule has 0 radical (unpaired) electrons. The molecule has 4 atom stereocenters. The fraction of sp³-hybridized carbons (Fsp3) is 0.364. The SMILES string of the molecule is CC12CCC(c3ccc(C#N)cc3Cl)C(c3ccc(Cl)cc3)C1CNC2=O. The van der Waals surface area contributed by atoms with Gasteiger partial charge in [-0.05, 0) is 66.0 Å². The Labute approximate surface area is 169 Å². The molecule has 1 amide bonds. The summed E-state index contributed by atoms with van der Waals surface area (Å²) in [6.07, 6.45) is 1.70. The minimum absolute atomic E-state index is 0.149. The summed E-state index contributed by atoms with van der Waals surface area (Å²) < 4.78 is 0. The zero-order valence-electron chi connectivity index (χ0n) is 15.0. The number of nitriles is 1. The Morgan fingerprint density at radius 1 is 1.19 bits per heavy atom. The van der Waals surface area contributed by atoms with E-state index in [0.717, 1.165) is 18.4 Å². The topological polar surface area (TPSA) is 52.9 Å². The van der Waals surface area contributed by atoms with Crippen LogP contribution in [0.4, 0.5) is 0 Å². The van der Waals surface area contributed by atoms with Gasteiger partial charge in [-0.2, -0.15) is 5.26 Å². The zero-order chi connectivity index (χ0) is 19.2. The number of nitrogens with zero attached hydrogens (tertiary/aromatic N) is 1. The third kappa shape index (κ3) is 3.02. The van der Waals surface area contributed by atoms with Crippen molar-refractivity contribution >= 4 is 29.1 Å². The summed E-state index contributed by atoms with van der Waals surface area (Å²) in [5.74, 6) is 0.690. The molecule has 2 aromatic carbocycles. The average Bonchev–Trinajstić information content (AvgIpc) is 2.97. The van der Waals surface area contributed by atoms with E-state index < -0.39 is 0 Å². The smallest absolute Gasteiger partial charge is 0.226 e. The second-order valence-electron chi connectivity index (χ2n) is 7.80. The minimum Gasteiger partial charge on any atom is -0.355 e. The monoisotopic (exact) mass is 398 g/mol. The van der Waals surface area contributed by atoms with Crippen LogP contribution in [0.3, 0.4) is 0 Å². The molecule has 2 fully saturated rings. The van der Waals surface area contributed by atoms with Crippen molar-refractivity contribution in [1.82, 2.24) is 5.32 Å². The lowest BCUT2D eigenvalue weighted by Gasteiger charge is -2.45. The molecule has 1 N–H and O–H groups in total. The van der Waals surface area contributed by atoms with Crippen LogP contribution < -0.4 is 5.32 Å². The van der Waals surface area contributed by atoms with Gasteiger partial charge in [0.1, 0.15) is 0 Å². The lowest BCUT2D eigenvalue weighted by atomic mass is 9.57. The Bertz CT molecular complexity index is 934. The van der Waals surface area contributed by atoms with Gasteiger partial charge in [0.05, 0.1) is 17.0 Å². The lowest BCUT2D eigenvalue weighted by molar-refractivity contribution is -0.129. The van der Waals surface area contributed by atoms with Crippen LogP contribution >= 0.6 is 23.2 Å². The number of carbonyl (C=O) groups is 1. The number of amides is 1. The standard InChI is InChI=1S/C22H20Cl2N2O/c1-22-9-8-17(16-7-2-13(11-25)10-19(16)24)20(18(22)12-26-21(22)27)14-3-5-15(23)6-4-14/h2-7,10,17-18,20H,8-9,12H2,1H3,(H,26,27). The first kappa shape index (κ1) is 18.3. The highest BCUT2D eigenvalue weighted by atomic mass is 35.5. The number of fused-ring (bicyclic) bond motifs is 1. The number of halogens is 2. The van der Waals surface area contributed by atoms with Crippen molar-refractivity contribution in [3.63, 3.8) is 0 Å². The first-order chi connectivity index (χ1) is 12.9. The Kier molecular flexibility index (Phi) is 4.66. The number of nitrogens with one attached hydrogen (secondary N) is 1. The molecular weight excluding hydrogens is 379 g/mol. The number of hydrogen-bond donors (Lipinski definition) is 1. The quantitative estimate of drug-likeness (QED) is 0.747. The second kappa shape index (κ2) is 6.86. The van der Waals surface area contributed by atoms with E-state index in [4.69, 9.17) is 28.5 Å². The molecule has 4 unspecified atom stereocenters. The first-order valence-electron chi connectivity index (χ1n) is 9.17. The molecule has 0 aromatic heterocycles. The van der Waals surface area contributed by atoms with Crippen molar-refractivity contribution in [1.29, 1.82) is 5.26 Å². The fourth-order valence-electron chi connectivity index (χ4n) is 4.93. The van der Waals surface area contributed by atoms with Gasteiger partial charge in [-0.15, -0.1) is 0 Å². The van der Waals surface area contributed by atoms with Crippen LogP contribution in [0.5, 0.6) is 0 Å². The molecule has 2 aromatic rings. The van der Waals surface area contributed by atoms with Gasteiger partial charge in [0.15, 0.2) is 0 Å². The van der Waals surface area contributed by atoms with E-state index in [9.17, 15) is 4.79 Å². The van der Waals surface area contributed by atoms with E-state index in [1.54, 1.807) is 6.07 Å².